The highest BCUT2D eigenvalue weighted by Gasteiger charge is 2.65. The monoisotopic (exact) mass is 264 g/mol. The van der Waals surface area contributed by atoms with Crippen molar-refractivity contribution in [3.05, 3.63) is 0 Å². The molecule has 0 aromatic carbocycles. The minimum Gasteiger partial charge on any atom is -0.389 e. The van der Waals surface area contributed by atoms with Crippen LogP contribution >= 0.6 is 0 Å². The Bertz CT molecular complexity index is 372. The maximum Gasteiger partial charge on any atom is 0.0754 e. The molecule has 0 radical (unpaired) electrons. The van der Waals surface area contributed by atoms with Gasteiger partial charge < -0.3 is 5.11 Å². The first-order valence-corrected chi connectivity index (χ1v) is 8.27. The summed E-state index contributed by atoms with van der Waals surface area (Å²) < 4.78 is 0. The molecule has 0 aliphatic heterocycles. The van der Waals surface area contributed by atoms with Gasteiger partial charge >= 0.3 is 0 Å². The maximum absolute atomic E-state index is 11.7. The first-order valence-electron chi connectivity index (χ1n) is 8.27. The van der Waals surface area contributed by atoms with Crippen LogP contribution < -0.4 is 0 Å². The second-order valence-electron chi connectivity index (χ2n) is 9.84. The molecule has 0 saturated heterocycles. The summed E-state index contributed by atoms with van der Waals surface area (Å²) in [6.45, 7) is 14.0. The van der Waals surface area contributed by atoms with Crippen molar-refractivity contribution in [3.8, 4) is 0 Å². The van der Waals surface area contributed by atoms with E-state index in [1.807, 2.05) is 0 Å². The lowest BCUT2D eigenvalue weighted by molar-refractivity contribution is -0.259. The molecule has 0 aromatic rings. The highest BCUT2D eigenvalue weighted by atomic mass is 16.3. The van der Waals surface area contributed by atoms with Crippen LogP contribution in [0.3, 0.4) is 0 Å². The smallest absolute Gasteiger partial charge is 0.0754 e. The Labute approximate surface area is 119 Å². The lowest BCUT2D eigenvalue weighted by atomic mass is 9.39. The van der Waals surface area contributed by atoms with Crippen LogP contribution in [0.2, 0.25) is 0 Å². The molecule has 0 heterocycles. The predicted octanol–water partition coefficient (Wildman–Crippen LogP) is 4.49. The van der Waals surface area contributed by atoms with Gasteiger partial charge in [-0.1, -0.05) is 41.5 Å². The summed E-state index contributed by atoms with van der Waals surface area (Å²) in [7, 11) is 0. The Kier molecular flexibility index (Phi) is 2.77. The molecule has 4 aliphatic carbocycles. The normalized spacial score (nSPS) is 49.7. The van der Waals surface area contributed by atoms with Crippen LogP contribution in [0.1, 0.15) is 67.2 Å². The highest BCUT2D eigenvalue weighted by molar-refractivity contribution is 5.15. The van der Waals surface area contributed by atoms with Gasteiger partial charge in [0.2, 0.25) is 0 Å². The summed E-state index contributed by atoms with van der Waals surface area (Å²) in [5.41, 5.74) is -0.0840. The molecular formula is C18H32O. The molecule has 0 aromatic heterocycles. The van der Waals surface area contributed by atoms with Gasteiger partial charge in [-0.25, -0.2) is 0 Å². The summed E-state index contributed by atoms with van der Waals surface area (Å²) in [4.78, 5) is 0. The largest absolute Gasteiger partial charge is 0.389 e. The Balaban J connectivity index is 2.05. The zero-order valence-electron chi connectivity index (χ0n) is 13.7. The van der Waals surface area contributed by atoms with Crippen molar-refractivity contribution in [1.82, 2.24) is 0 Å². The summed E-state index contributed by atoms with van der Waals surface area (Å²) in [6.07, 6.45) is 5.29. The molecule has 4 rings (SSSR count). The molecular weight excluding hydrogens is 232 g/mol. The van der Waals surface area contributed by atoms with Crippen molar-refractivity contribution in [2.75, 3.05) is 0 Å². The average molecular weight is 264 g/mol. The minimum atomic E-state index is -0.432. The maximum atomic E-state index is 11.7. The third-order valence-corrected chi connectivity index (χ3v) is 6.76. The van der Waals surface area contributed by atoms with Crippen LogP contribution in [0.15, 0.2) is 0 Å². The number of hydrogen-bond donors (Lipinski definition) is 1. The van der Waals surface area contributed by atoms with Crippen LogP contribution in [0.4, 0.5) is 0 Å². The fraction of sp³-hybridized carbons (Fsp3) is 1.00. The van der Waals surface area contributed by atoms with E-state index < -0.39 is 5.60 Å². The lowest BCUT2D eigenvalue weighted by Gasteiger charge is -2.68. The zero-order chi connectivity index (χ0) is 14.2. The summed E-state index contributed by atoms with van der Waals surface area (Å²) >= 11 is 0. The van der Waals surface area contributed by atoms with E-state index in [2.05, 4.69) is 41.5 Å². The molecule has 4 aliphatic rings. The van der Waals surface area contributed by atoms with Crippen molar-refractivity contribution in [2.24, 2.45) is 40.4 Å². The SMILES string of the molecule is CC(C)(C)[C@@H]1[C@@H]2C[C@H]3C[C@@H](C2)[C@](O)(C(C)(C)C)[C@@H]1C3. The van der Waals surface area contributed by atoms with E-state index in [1.165, 1.54) is 25.7 Å². The van der Waals surface area contributed by atoms with Crippen molar-refractivity contribution in [1.29, 1.82) is 0 Å². The molecule has 19 heavy (non-hydrogen) atoms. The van der Waals surface area contributed by atoms with E-state index in [0.717, 1.165) is 11.8 Å². The van der Waals surface area contributed by atoms with Gasteiger partial charge in [0.15, 0.2) is 0 Å². The van der Waals surface area contributed by atoms with E-state index in [1.54, 1.807) is 0 Å². The molecule has 4 bridgehead atoms. The van der Waals surface area contributed by atoms with Crippen molar-refractivity contribution in [2.45, 2.75) is 72.8 Å². The summed E-state index contributed by atoms with van der Waals surface area (Å²) in [5.74, 6) is 3.60. The van der Waals surface area contributed by atoms with Gasteiger partial charge in [-0.2, -0.15) is 0 Å². The van der Waals surface area contributed by atoms with Crippen molar-refractivity contribution < 1.29 is 5.11 Å². The quantitative estimate of drug-likeness (QED) is 0.683. The summed E-state index contributed by atoms with van der Waals surface area (Å²) in [6, 6.07) is 0. The molecule has 4 fully saturated rings. The first kappa shape index (κ1) is 13.9. The highest BCUT2D eigenvalue weighted by Crippen LogP contribution is 2.67. The third kappa shape index (κ3) is 1.76. The molecule has 1 N–H and O–H groups in total. The lowest BCUT2D eigenvalue weighted by Crippen LogP contribution is -2.68. The molecule has 0 amide bonds. The summed E-state index contributed by atoms with van der Waals surface area (Å²) in [5, 5.41) is 11.7. The number of aliphatic hydroxyl groups is 1. The Morgan fingerprint density at radius 1 is 0.895 bits per heavy atom. The molecule has 1 heteroatoms. The van der Waals surface area contributed by atoms with Gasteiger partial charge in [0.1, 0.15) is 0 Å². The van der Waals surface area contributed by atoms with Crippen LogP contribution in [0.5, 0.6) is 0 Å². The Morgan fingerprint density at radius 2 is 1.53 bits per heavy atom. The van der Waals surface area contributed by atoms with E-state index in [4.69, 9.17) is 0 Å². The van der Waals surface area contributed by atoms with Gasteiger partial charge in [0.25, 0.3) is 0 Å². The van der Waals surface area contributed by atoms with E-state index in [0.29, 0.717) is 23.2 Å². The van der Waals surface area contributed by atoms with Crippen LogP contribution in [0.25, 0.3) is 0 Å². The van der Waals surface area contributed by atoms with E-state index in [9.17, 15) is 5.11 Å². The molecule has 0 unspecified atom stereocenters. The van der Waals surface area contributed by atoms with Gasteiger partial charge in [0, 0.05) is 0 Å². The Morgan fingerprint density at radius 3 is 2.05 bits per heavy atom. The van der Waals surface area contributed by atoms with Gasteiger partial charge in [-0.3, -0.25) is 0 Å². The standard InChI is InChI=1S/C18H32O/c1-16(2,3)15-12-7-11-8-13(10-12)18(19,14(15)9-11)17(4,5)6/h11-15,19H,7-10H2,1-6H3/t11-,12+,13-,14+,15+,18+/m0/s1. The molecule has 6 atom stereocenters. The van der Waals surface area contributed by atoms with E-state index in [-0.39, 0.29) is 5.41 Å². The average Bonchev–Trinajstić information content (AvgIpc) is 2.20. The van der Waals surface area contributed by atoms with Gasteiger partial charge in [0.05, 0.1) is 5.60 Å². The predicted molar refractivity (Wildman–Crippen MR) is 79.8 cm³/mol. The van der Waals surface area contributed by atoms with Gasteiger partial charge in [-0.15, -0.1) is 0 Å². The number of hydrogen-bond acceptors (Lipinski definition) is 1. The second kappa shape index (κ2) is 3.78. The fourth-order valence-corrected chi connectivity index (χ4v) is 6.40. The first-order chi connectivity index (χ1) is 8.55. The van der Waals surface area contributed by atoms with Gasteiger partial charge in [-0.05, 0) is 66.1 Å². The Hall–Kier alpha value is -0.0400. The molecule has 1 nitrogen and oxygen atoms in total. The third-order valence-electron chi connectivity index (χ3n) is 6.76. The van der Waals surface area contributed by atoms with Crippen LogP contribution in [-0.2, 0) is 0 Å². The van der Waals surface area contributed by atoms with Crippen molar-refractivity contribution >= 4 is 0 Å². The van der Waals surface area contributed by atoms with Crippen LogP contribution in [-0.4, -0.2) is 10.7 Å². The number of rotatable bonds is 0. The van der Waals surface area contributed by atoms with Crippen LogP contribution in [0, 0.1) is 40.4 Å². The molecule has 110 valence electrons. The second-order valence-corrected chi connectivity index (χ2v) is 9.84. The minimum absolute atomic E-state index is 0.0130. The fourth-order valence-electron chi connectivity index (χ4n) is 6.40. The molecule has 4 saturated carbocycles. The van der Waals surface area contributed by atoms with Crippen molar-refractivity contribution in [3.63, 3.8) is 0 Å². The topological polar surface area (TPSA) is 20.2 Å². The van der Waals surface area contributed by atoms with E-state index >= 15 is 0 Å². The molecule has 0 spiro atoms. The zero-order valence-corrected chi connectivity index (χ0v) is 13.7.